The van der Waals surface area contributed by atoms with E-state index < -0.39 is 0 Å². The first-order chi connectivity index (χ1) is 14.1. The van der Waals surface area contributed by atoms with Crippen molar-refractivity contribution >= 4 is 5.91 Å². The van der Waals surface area contributed by atoms with Gasteiger partial charge < -0.3 is 5.32 Å². The Morgan fingerprint density at radius 2 is 1.72 bits per heavy atom. The van der Waals surface area contributed by atoms with Gasteiger partial charge in [0.1, 0.15) is 0 Å². The third-order valence-electron chi connectivity index (χ3n) is 5.64. The fourth-order valence-electron chi connectivity index (χ4n) is 3.91. The largest absolute Gasteiger partial charge is 0.352 e. The lowest BCUT2D eigenvalue weighted by molar-refractivity contribution is -0.119. The van der Waals surface area contributed by atoms with Crippen LogP contribution in [0, 0.1) is 0 Å². The van der Waals surface area contributed by atoms with Crippen LogP contribution >= 0.6 is 0 Å². The average molecular weight is 389 g/mol. The number of hydrogen-bond donors (Lipinski definition) is 2. The maximum absolute atomic E-state index is 11.5. The van der Waals surface area contributed by atoms with Gasteiger partial charge in [-0.25, -0.2) is 0 Å². The zero-order valence-corrected chi connectivity index (χ0v) is 17.1. The molecule has 2 N–H and O–H groups in total. The Kier molecular flexibility index (Phi) is 5.76. The lowest BCUT2D eigenvalue weighted by Gasteiger charge is -2.29. The molecule has 5 heteroatoms. The van der Waals surface area contributed by atoms with E-state index in [9.17, 15) is 4.79 Å². The molecule has 1 fully saturated rings. The molecule has 0 unspecified atom stereocenters. The van der Waals surface area contributed by atoms with Crippen LogP contribution in [0.15, 0.2) is 60.8 Å². The lowest BCUT2D eigenvalue weighted by Crippen LogP contribution is -2.41. The highest BCUT2D eigenvalue weighted by atomic mass is 16.1. The summed E-state index contributed by atoms with van der Waals surface area (Å²) in [6, 6.07) is 19.6. The Bertz CT molecular complexity index is 947. The molecule has 2 aromatic carbocycles. The van der Waals surface area contributed by atoms with Gasteiger partial charge in [0, 0.05) is 37.2 Å². The van der Waals surface area contributed by atoms with Crippen LogP contribution in [0.4, 0.5) is 0 Å². The van der Waals surface area contributed by atoms with Crippen LogP contribution in [0.1, 0.15) is 32.3 Å². The molecule has 0 saturated carbocycles. The molecule has 1 aliphatic heterocycles. The predicted octanol–water partition coefficient (Wildman–Crippen LogP) is 4.23. The molecule has 5 nitrogen and oxygen atoms in total. The van der Waals surface area contributed by atoms with Crippen LogP contribution < -0.4 is 5.32 Å². The fourth-order valence-corrected chi connectivity index (χ4v) is 3.91. The van der Waals surface area contributed by atoms with Gasteiger partial charge in [0.25, 0.3) is 0 Å². The molecule has 0 radical (unpaired) electrons. The van der Waals surface area contributed by atoms with Crippen LogP contribution in [0.3, 0.4) is 0 Å². The van der Waals surface area contributed by atoms with E-state index in [0.29, 0.717) is 12.5 Å². The number of benzene rings is 2. The van der Waals surface area contributed by atoms with E-state index in [2.05, 4.69) is 82.8 Å². The summed E-state index contributed by atoms with van der Waals surface area (Å²) in [4.78, 5) is 14.0. The number of carbonyl (C=O) groups excluding carboxylic acids is 1. The first-order valence-corrected chi connectivity index (χ1v) is 10.3. The second kappa shape index (κ2) is 8.62. The van der Waals surface area contributed by atoms with Crippen molar-refractivity contribution in [2.24, 2.45) is 0 Å². The van der Waals surface area contributed by atoms with Crippen molar-refractivity contribution in [3.05, 3.63) is 66.4 Å². The van der Waals surface area contributed by atoms with Crippen LogP contribution in [0.2, 0.25) is 0 Å². The molecule has 1 atom stereocenters. The quantitative estimate of drug-likeness (QED) is 0.637. The van der Waals surface area contributed by atoms with E-state index in [1.807, 2.05) is 12.3 Å². The summed E-state index contributed by atoms with van der Waals surface area (Å²) < 4.78 is 0. The van der Waals surface area contributed by atoms with Crippen molar-refractivity contribution in [1.82, 2.24) is 20.4 Å². The summed E-state index contributed by atoms with van der Waals surface area (Å²) in [5.74, 6) is 0.168. The zero-order valence-electron chi connectivity index (χ0n) is 17.1. The van der Waals surface area contributed by atoms with Gasteiger partial charge in [-0.2, -0.15) is 5.10 Å². The van der Waals surface area contributed by atoms with Gasteiger partial charge in [0.2, 0.25) is 5.91 Å². The number of H-pyrrole nitrogens is 1. The highest BCUT2D eigenvalue weighted by molar-refractivity contribution is 5.78. The van der Waals surface area contributed by atoms with Crippen molar-refractivity contribution in [3.8, 4) is 22.4 Å². The maximum Gasteiger partial charge on any atom is 0.220 e. The number of aromatic nitrogens is 2. The molecule has 0 bridgehead atoms. The SMILES string of the molecule is CC(C)N(Cc1cn[nH]c1-c1ccc(-c2ccccc2)cc1)C[C@@H]1CCC(=O)N1. The van der Waals surface area contributed by atoms with Crippen LogP contribution in [-0.4, -0.2) is 39.6 Å². The summed E-state index contributed by atoms with van der Waals surface area (Å²) in [5, 5.41) is 10.6. The molecule has 29 heavy (non-hydrogen) atoms. The molecule has 0 aliphatic carbocycles. The van der Waals surface area contributed by atoms with Gasteiger partial charge in [0.05, 0.1) is 11.9 Å². The van der Waals surface area contributed by atoms with Crippen LogP contribution in [0.5, 0.6) is 0 Å². The highest BCUT2D eigenvalue weighted by Crippen LogP contribution is 2.27. The third kappa shape index (κ3) is 4.57. The van der Waals surface area contributed by atoms with Crippen LogP contribution in [-0.2, 0) is 11.3 Å². The number of hydrogen-bond acceptors (Lipinski definition) is 3. The van der Waals surface area contributed by atoms with E-state index >= 15 is 0 Å². The Morgan fingerprint density at radius 1 is 1.03 bits per heavy atom. The van der Waals surface area contributed by atoms with Crippen molar-refractivity contribution in [2.45, 2.75) is 45.3 Å². The topological polar surface area (TPSA) is 61.0 Å². The Labute approximate surface area is 172 Å². The lowest BCUT2D eigenvalue weighted by atomic mass is 10.0. The molecule has 1 aliphatic rings. The van der Waals surface area contributed by atoms with Gasteiger partial charge >= 0.3 is 0 Å². The standard InChI is InChI=1S/C24H28N4O/c1-17(2)28(16-22-12-13-23(29)26-22)15-21-14-25-27-24(21)20-10-8-19(9-11-20)18-6-4-3-5-7-18/h3-11,14,17,22H,12-13,15-16H2,1-2H3,(H,25,27)(H,26,29)/t22-/m0/s1. The minimum atomic E-state index is 0.168. The minimum Gasteiger partial charge on any atom is -0.352 e. The summed E-state index contributed by atoms with van der Waals surface area (Å²) >= 11 is 0. The number of aromatic amines is 1. The second-order valence-electron chi connectivity index (χ2n) is 8.04. The summed E-state index contributed by atoms with van der Waals surface area (Å²) in [7, 11) is 0. The first kappa shape index (κ1) is 19.4. The van der Waals surface area contributed by atoms with E-state index in [1.165, 1.54) is 16.7 Å². The zero-order chi connectivity index (χ0) is 20.2. The third-order valence-corrected chi connectivity index (χ3v) is 5.64. The molecular formula is C24H28N4O. The van der Waals surface area contributed by atoms with E-state index in [-0.39, 0.29) is 11.9 Å². The highest BCUT2D eigenvalue weighted by Gasteiger charge is 2.25. The number of rotatable bonds is 7. The van der Waals surface area contributed by atoms with E-state index in [1.54, 1.807) is 0 Å². The van der Waals surface area contributed by atoms with Gasteiger partial charge in [-0.3, -0.25) is 14.8 Å². The summed E-state index contributed by atoms with van der Waals surface area (Å²) in [6.45, 7) is 6.06. The van der Waals surface area contributed by atoms with Crippen molar-refractivity contribution in [3.63, 3.8) is 0 Å². The van der Waals surface area contributed by atoms with E-state index in [4.69, 9.17) is 0 Å². The van der Waals surface area contributed by atoms with Gasteiger partial charge in [0.15, 0.2) is 0 Å². The number of nitrogens with one attached hydrogen (secondary N) is 2. The molecule has 4 rings (SSSR count). The number of nitrogens with zero attached hydrogens (tertiary/aromatic N) is 2. The van der Waals surface area contributed by atoms with Gasteiger partial charge in [-0.15, -0.1) is 0 Å². The Hall–Kier alpha value is -2.92. The normalized spacial score (nSPS) is 16.6. The Morgan fingerprint density at radius 3 is 2.38 bits per heavy atom. The Balaban J connectivity index is 1.50. The molecule has 1 amide bonds. The summed E-state index contributed by atoms with van der Waals surface area (Å²) in [6.07, 6.45) is 3.48. The van der Waals surface area contributed by atoms with Crippen LogP contribution in [0.25, 0.3) is 22.4 Å². The maximum atomic E-state index is 11.5. The summed E-state index contributed by atoms with van der Waals surface area (Å²) in [5.41, 5.74) is 5.79. The average Bonchev–Trinajstić information content (AvgIpc) is 3.37. The molecule has 1 saturated heterocycles. The van der Waals surface area contributed by atoms with E-state index in [0.717, 1.165) is 30.8 Å². The molecule has 1 aromatic heterocycles. The molecule has 2 heterocycles. The molecule has 3 aromatic rings. The molecule has 150 valence electrons. The first-order valence-electron chi connectivity index (χ1n) is 10.3. The van der Waals surface area contributed by atoms with Crippen molar-refractivity contribution < 1.29 is 4.79 Å². The van der Waals surface area contributed by atoms with Gasteiger partial charge in [-0.05, 0) is 37.0 Å². The van der Waals surface area contributed by atoms with Crippen molar-refractivity contribution in [1.29, 1.82) is 0 Å². The molecular weight excluding hydrogens is 360 g/mol. The van der Waals surface area contributed by atoms with Crippen molar-refractivity contribution in [2.75, 3.05) is 6.54 Å². The second-order valence-corrected chi connectivity index (χ2v) is 8.04. The fraction of sp³-hybridized carbons (Fsp3) is 0.333. The smallest absolute Gasteiger partial charge is 0.220 e. The minimum absolute atomic E-state index is 0.168. The van der Waals surface area contributed by atoms with Gasteiger partial charge in [-0.1, -0.05) is 54.6 Å². The monoisotopic (exact) mass is 388 g/mol. The molecule has 0 spiro atoms. The predicted molar refractivity (Wildman–Crippen MR) is 116 cm³/mol. The number of carbonyl (C=O) groups is 1. The number of amides is 1.